The zero-order valence-electron chi connectivity index (χ0n) is 13.4. The fourth-order valence-electron chi connectivity index (χ4n) is 2.53. The highest BCUT2D eigenvalue weighted by atomic mass is 35.5. The van der Waals surface area contributed by atoms with Crippen LogP contribution in [-0.4, -0.2) is 21.6 Å². The van der Waals surface area contributed by atoms with Crippen molar-refractivity contribution in [2.75, 3.05) is 0 Å². The molecule has 0 unspecified atom stereocenters. The van der Waals surface area contributed by atoms with Crippen molar-refractivity contribution in [3.63, 3.8) is 0 Å². The van der Waals surface area contributed by atoms with Crippen molar-refractivity contribution in [3.8, 4) is 11.3 Å². The SMILES string of the molecule is O=C(O/N=C/c1c(-c2ccccc2)nc2ccc(Cl)cn12)c1cccs1. The minimum absolute atomic E-state index is 0.492. The lowest BCUT2D eigenvalue weighted by Gasteiger charge is -2.00. The van der Waals surface area contributed by atoms with E-state index in [1.807, 2.05) is 40.8 Å². The molecule has 5 nitrogen and oxygen atoms in total. The average Bonchev–Trinajstić information content (AvgIpc) is 3.31. The summed E-state index contributed by atoms with van der Waals surface area (Å²) in [6.07, 6.45) is 3.23. The highest BCUT2D eigenvalue weighted by Crippen LogP contribution is 2.24. The van der Waals surface area contributed by atoms with Crippen molar-refractivity contribution in [1.29, 1.82) is 0 Å². The summed E-state index contributed by atoms with van der Waals surface area (Å²) in [6, 6.07) is 16.8. The summed E-state index contributed by atoms with van der Waals surface area (Å²) in [5, 5.41) is 6.24. The van der Waals surface area contributed by atoms with Gasteiger partial charge in [0.25, 0.3) is 0 Å². The quantitative estimate of drug-likeness (QED) is 0.287. The summed E-state index contributed by atoms with van der Waals surface area (Å²) < 4.78 is 1.81. The average molecular weight is 382 g/mol. The Bertz CT molecular complexity index is 1090. The number of fused-ring (bicyclic) bond motifs is 1. The standard InChI is InChI=1S/C19H12ClN3O2S/c20-14-8-9-17-22-18(13-5-2-1-3-6-13)15(23(17)12-14)11-21-25-19(24)16-7-4-10-26-16/h1-12H/b21-11+. The van der Waals surface area contributed by atoms with Crippen LogP contribution in [-0.2, 0) is 4.84 Å². The van der Waals surface area contributed by atoms with Crippen LogP contribution in [0.15, 0.2) is 71.3 Å². The number of hydrogen-bond donors (Lipinski definition) is 0. The summed E-state index contributed by atoms with van der Waals surface area (Å²) in [5.74, 6) is -0.496. The van der Waals surface area contributed by atoms with Crippen LogP contribution in [0.2, 0.25) is 5.02 Å². The molecule has 0 atom stereocenters. The molecule has 0 bridgehead atoms. The first kappa shape index (κ1) is 16.5. The van der Waals surface area contributed by atoms with Gasteiger partial charge >= 0.3 is 5.97 Å². The Morgan fingerprint density at radius 1 is 1.15 bits per heavy atom. The molecule has 0 N–H and O–H groups in total. The topological polar surface area (TPSA) is 56.0 Å². The number of pyridine rings is 1. The lowest BCUT2D eigenvalue weighted by molar-refractivity contribution is 0.0525. The molecule has 4 rings (SSSR count). The molecule has 3 aromatic heterocycles. The van der Waals surface area contributed by atoms with Crippen LogP contribution >= 0.6 is 22.9 Å². The molecule has 0 amide bonds. The van der Waals surface area contributed by atoms with E-state index < -0.39 is 5.97 Å². The van der Waals surface area contributed by atoms with E-state index in [4.69, 9.17) is 16.4 Å². The second-order valence-corrected chi connectivity index (χ2v) is 6.76. The molecule has 0 aliphatic carbocycles. The number of carbonyl (C=O) groups excluding carboxylic acids is 1. The predicted octanol–water partition coefficient (Wildman–Crippen LogP) is 4.91. The zero-order valence-corrected chi connectivity index (χ0v) is 14.9. The smallest absolute Gasteiger partial charge is 0.312 e. The number of carbonyl (C=O) groups is 1. The summed E-state index contributed by atoms with van der Waals surface area (Å²) in [7, 11) is 0. The van der Waals surface area contributed by atoms with Gasteiger partial charge in [-0.05, 0) is 23.6 Å². The number of rotatable bonds is 4. The molecule has 0 fully saturated rings. The first-order valence-electron chi connectivity index (χ1n) is 7.73. The molecular weight excluding hydrogens is 370 g/mol. The molecule has 3 heterocycles. The van der Waals surface area contributed by atoms with E-state index in [1.54, 1.807) is 29.8 Å². The van der Waals surface area contributed by atoms with Crippen molar-refractivity contribution in [2.24, 2.45) is 5.16 Å². The van der Waals surface area contributed by atoms with Crippen LogP contribution < -0.4 is 0 Å². The minimum Gasteiger partial charge on any atom is -0.312 e. The minimum atomic E-state index is -0.496. The van der Waals surface area contributed by atoms with Crippen molar-refractivity contribution in [1.82, 2.24) is 9.38 Å². The van der Waals surface area contributed by atoms with Crippen molar-refractivity contribution in [2.45, 2.75) is 0 Å². The van der Waals surface area contributed by atoms with Crippen LogP contribution in [0.5, 0.6) is 0 Å². The van der Waals surface area contributed by atoms with Crippen molar-refractivity contribution in [3.05, 3.63) is 81.8 Å². The summed E-state index contributed by atoms with van der Waals surface area (Å²) in [6.45, 7) is 0. The highest BCUT2D eigenvalue weighted by molar-refractivity contribution is 7.11. The Morgan fingerprint density at radius 3 is 2.77 bits per heavy atom. The lowest BCUT2D eigenvalue weighted by atomic mass is 10.1. The molecule has 26 heavy (non-hydrogen) atoms. The third-order valence-electron chi connectivity index (χ3n) is 3.70. The number of imidazole rings is 1. The number of thiophene rings is 1. The molecule has 0 radical (unpaired) electrons. The number of halogens is 1. The van der Waals surface area contributed by atoms with Crippen molar-refractivity contribution < 1.29 is 9.63 Å². The lowest BCUT2D eigenvalue weighted by Crippen LogP contribution is -1.99. The number of oxime groups is 1. The Morgan fingerprint density at radius 2 is 2.00 bits per heavy atom. The molecule has 0 aliphatic rings. The molecular formula is C19H12ClN3O2S. The van der Waals surface area contributed by atoms with Gasteiger partial charge in [0.05, 0.1) is 22.6 Å². The molecule has 128 valence electrons. The van der Waals surface area contributed by atoms with Gasteiger partial charge in [0.15, 0.2) is 0 Å². The van der Waals surface area contributed by atoms with E-state index in [9.17, 15) is 4.79 Å². The third-order valence-corrected chi connectivity index (χ3v) is 4.77. The number of aromatic nitrogens is 2. The van der Waals surface area contributed by atoms with Gasteiger partial charge in [-0.25, -0.2) is 9.78 Å². The van der Waals surface area contributed by atoms with Gasteiger partial charge in [0, 0.05) is 11.8 Å². The number of hydrogen-bond acceptors (Lipinski definition) is 5. The van der Waals surface area contributed by atoms with E-state index in [0.717, 1.165) is 16.9 Å². The monoisotopic (exact) mass is 381 g/mol. The molecule has 7 heteroatoms. The van der Waals surface area contributed by atoms with Crippen LogP contribution in [0.1, 0.15) is 15.4 Å². The summed E-state index contributed by atoms with van der Waals surface area (Å²) in [5.41, 5.74) is 3.05. The second-order valence-electron chi connectivity index (χ2n) is 5.38. The number of nitrogens with zero attached hydrogens (tertiary/aromatic N) is 3. The molecule has 1 aromatic carbocycles. The maximum absolute atomic E-state index is 11.9. The van der Waals surface area contributed by atoms with E-state index >= 15 is 0 Å². The zero-order chi connectivity index (χ0) is 17.9. The normalized spacial score (nSPS) is 11.3. The van der Waals surface area contributed by atoms with Gasteiger partial charge in [0.1, 0.15) is 10.5 Å². The molecule has 0 saturated heterocycles. The van der Waals surface area contributed by atoms with Gasteiger partial charge < -0.3 is 4.84 Å². The van der Waals surface area contributed by atoms with Crippen LogP contribution in [0.25, 0.3) is 16.9 Å². The van der Waals surface area contributed by atoms with E-state index in [0.29, 0.717) is 15.6 Å². The van der Waals surface area contributed by atoms with Gasteiger partial charge in [-0.15, -0.1) is 11.3 Å². The van der Waals surface area contributed by atoms with Gasteiger partial charge in [-0.3, -0.25) is 4.40 Å². The second kappa shape index (κ2) is 7.11. The van der Waals surface area contributed by atoms with E-state index in [1.165, 1.54) is 17.6 Å². The Kier molecular flexibility index (Phi) is 4.51. The maximum atomic E-state index is 11.9. The predicted molar refractivity (Wildman–Crippen MR) is 103 cm³/mol. The third kappa shape index (κ3) is 3.24. The van der Waals surface area contributed by atoms with E-state index in [-0.39, 0.29) is 0 Å². The highest BCUT2D eigenvalue weighted by Gasteiger charge is 2.13. The molecule has 4 aromatic rings. The van der Waals surface area contributed by atoms with Crippen LogP contribution in [0.4, 0.5) is 0 Å². The maximum Gasteiger partial charge on any atom is 0.375 e. The van der Waals surface area contributed by atoms with Crippen LogP contribution in [0.3, 0.4) is 0 Å². The fourth-order valence-corrected chi connectivity index (χ4v) is 3.29. The Labute approximate surface area is 158 Å². The molecule has 0 aliphatic heterocycles. The first-order chi connectivity index (χ1) is 12.7. The molecule has 0 spiro atoms. The first-order valence-corrected chi connectivity index (χ1v) is 8.99. The largest absolute Gasteiger partial charge is 0.375 e. The van der Waals surface area contributed by atoms with Gasteiger partial charge in [-0.1, -0.05) is 53.2 Å². The Balaban J connectivity index is 1.73. The summed E-state index contributed by atoms with van der Waals surface area (Å²) >= 11 is 7.42. The Hall–Kier alpha value is -2.96. The van der Waals surface area contributed by atoms with Gasteiger partial charge in [0.2, 0.25) is 0 Å². The van der Waals surface area contributed by atoms with E-state index in [2.05, 4.69) is 10.1 Å². The van der Waals surface area contributed by atoms with Crippen LogP contribution in [0, 0.1) is 0 Å². The molecule has 0 saturated carbocycles. The van der Waals surface area contributed by atoms with Crippen molar-refractivity contribution >= 4 is 40.8 Å². The summed E-state index contributed by atoms with van der Waals surface area (Å²) in [4.78, 5) is 22.1. The number of benzene rings is 1. The van der Waals surface area contributed by atoms with Gasteiger partial charge in [-0.2, -0.15) is 0 Å². The fraction of sp³-hybridized carbons (Fsp3) is 0.